The number of hydrogen-bond donors (Lipinski definition) is 1. The molecule has 33 heavy (non-hydrogen) atoms. The zero-order valence-corrected chi connectivity index (χ0v) is 20.2. The van der Waals surface area contributed by atoms with Gasteiger partial charge in [0.15, 0.2) is 10.6 Å². The second kappa shape index (κ2) is 10.8. The number of nitrogens with zero attached hydrogens (tertiary/aromatic N) is 3. The lowest BCUT2D eigenvalue weighted by atomic mass is 9.90. The first-order valence-electron chi connectivity index (χ1n) is 11.7. The van der Waals surface area contributed by atoms with Crippen LogP contribution in [0, 0.1) is 17.6 Å². The van der Waals surface area contributed by atoms with Crippen molar-refractivity contribution in [3.63, 3.8) is 0 Å². The quantitative estimate of drug-likeness (QED) is 0.466. The molecule has 174 valence electrons. The fourth-order valence-electron chi connectivity index (χ4n) is 4.53. The summed E-state index contributed by atoms with van der Waals surface area (Å²) in [5, 5.41) is 7.28. The van der Waals surface area contributed by atoms with E-state index in [0.29, 0.717) is 23.7 Å². The molecule has 1 fully saturated rings. The average molecular weight is 465 g/mol. The molecule has 0 atom stereocenters. The van der Waals surface area contributed by atoms with Crippen LogP contribution < -0.4 is 4.74 Å². The highest BCUT2D eigenvalue weighted by molar-refractivity contribution is 7.71. The minimum atomic E-state index is 0.196. The second-order valence-corrected chi connectivity index (χ2v) is 9.22. The molecule has 0 saturated carbocycles. The van der Waals surface area contributed by atoms with Gasteiger partial charge < -0.3 is 9.64 Å². The van der Waals surface area contributed by atoms with Gasteiger partial charge in [0, 0.05) is 31.6 Å². The Morgan fingerprint density at radius 3 is 2.64 bits per heavy atom. The van der Waals surface area contributed by atoms with Gasteiger partial charge in [0.2, 0.25) is 5.91 Å². The number of amides is 1. The Labute approximate surface area is 200 Å². The normalized spacial score (nSPS) is 14.4. The van der Waals surface area contributed by atoms with Gasteiger partial charge in [-0.05, 0) is 74.5 Å². The molecule has 7 heteroatoms. The lowest BCUT2D eigenvalue weighted by molar-refractivity contribution is -0.132. The number of aromatic nitrogens is 3. The van der Waals surface area contributed by atoms with E-state index in [-0.39, 0.29) is 5.91 Å². The van der Waals surface area contributed by atoms with Crippen LogP contribution in [-0.4, -0.2) is 45.8 Å². The van der Waals surface area contributed by atoms with Crippen molar-refractivity contribution in [3.05, 3.63) is 64.4 Å². The van der Waals surface area contributed by atoms with E-state index in [0.717, 1.165) is 49.5 Å². The topological polar surface area (TPSA) is 63.1 Å². The number of carbonyl (C=O) groups excluding carboxylic acids is 1. The number of likely N-dealkylation sites (tertiary alicyclic amines) is 1. The number of H-pyrrole nitrogens is 1. The fourth-order valence-corrected chi connectivity index (χ4v) is 4.75. The Morgan fingerprint density at radius 1 is 1.18 bits per heavy atom. The number of hydrogen-bond acceptors (Lipinski definition) is 4. The first-order valence-corrected chi connectivity index (χ1v) is 12.1. The van der Waals surface area contributed by atoms with Crippen LogP contribution in [-0.2, 0) is 17.8 Å². The zero-order chi connectivity index (χ0) is 23.2. The summed E-state index contributed by atoms with van der Waals surface area (Å²) in [6, 6.07) is 16.5. The van der Waals surface area contributed by atoms with Gasteiger partial charge in [-0.1, -0.05) is 35.9 Å². The van der Waals surface area contributed by atoms with Gasteiger partial charge in [-0.2, -0.15) is 5.10 Å². The van der Waals surface area contributed by atoms with Crippen LogP contribution in [0.25, 0.3) is 11.4 Å². The number of aryl methyl sites for hydroxylation is 2. The first kappa shape index (κ1) is 23.2. The standard InChI is InChI=1S/C26H32N4O2S/c1-19-4-3-5-22(18-19)25-27-28-26(33)30(25)17-14-24(31)29-15-12-21(13-16-29)7-6-20-8-10-23(32-2)11-9-20/h3-5,8-11,18,21H,6-7,12-17H2,1-2H3,(H,28,33). The second-order valence-electron chi connectivity index (χ2n) is 8.83. The minimum Gasteiger partial charge on any atom is -0.497 e. The predicted octanol–water partition coefficient (Wildman–Crippen LogP) is 5.19. The Bertz CT molecular complexity index is 1130. The minimum absolute atomic E-state index is 0.196. The van der Waals surface area contributed by atoms with E-state index in [2.05, 4.69) is 41.4 Å². The van der Waals surface area contributed by atoms with Crippen LogP contribution in [0.4, 0.5) is 0 Å². The van der Waals surface area contributed by atoms with Crippen molar-refractivity contribution >= 4 is 18.1 Å². The number of methoxy groups -OCH3 is 1. The SMILES string of the molecule is COc1ccc(CCC2CCN(C(=O)CCn3c(-c4cccc(C)c4)n[nH]c3=S)CC2)cc1. The van der Waals surface area contributed by atoms with E-state index in [9.17, 15) is 4.79 Å². The van der Waals surface area contributed by atoms with E-state index in [1.807, 2.05) is 33.7 Å². The molecule has 2 aromatic carbocycles. The van der Waals surface area contributed by atoms with Gasteiger partial charge in [-0.3, -0.25) is 14.5 Å². The molecule has 1 amide bonds. The summed E-state index contributed by atoms with van der Waals surface area (Å²) in [6.07, 6.45) is 4.81. The Morgan fingerprint density at radius 2 is 1.94 bits per heavy atom. The molecule has 0 aliphatic carbocycles. The monoisotopic (exact) mass is 464 g/mol. The molecule has 0 unspecified atom stereocenters. The molecular weight excluding hydrogens is 432 g/mol. The van der Waals surface area contributed by atoms with Crippen molar-refractivity contribution in [2.75, 3.05) is 20.2 Å². The summed E-state index contributed by atoms with van der Waals surface area (Å²) in [4.78, 5) is 14.9. The van der Waals surface area contributed by atoms with Crippen LogP contribution in [0.5, 0.6) is 5.75 Å². The third kappa shape index (κ3) is 5.90. The third-order valence-electron chi connectivity index (χ3n) is 6.55. The smallest absolute Gasteiger partial charge is 0.224 e. The van der Waals surface area contributed by atoms with Crippen molar-refractivity contribution in [2.24, 2.45) is 5.92 Å². The predicted molar refractivity (Wildman–Crippen MR) is 133 cm³/mol. The number of carbonyl (C=O) groups is 1. The highest BCUT2D eigenvalue weighted by Crippen LogP contribution is 2.24. The largest absolute Gasteiger partial charge is 0.497 e. The van der Waals surface area contributed by atoms with E-state index in [1.54, 1.807) is 7.11 Å². The number of benzene rings is 2. The van der Waals surface area contributed by atoms with Gasteiger partial charge in [0.25, 0.3) is 0 Å². The summed E-state index contributed by atoms with van der Waals surface area (Å²) >= 11 is 5.43. The summed E-state index contributed by atoms with van der Waals surface area (Å²) in [7, 11) is 1.69. The van der Waals surface area contributed by atoms with E-state index in [1.165, 1.54) is 17.5 Å². The van der Waals surface area contributed by atoms with Crippen LogP contribution in [0.15, 0.2) is 48.5 Å². The molecule has 1 N–H and O–H groups in total. The number of nitrogens with one attached hydrogen (secondary N) is 1. The molecule has 2 heterocycles. The van der Waals surface area contributed by atoms with Crippen LogP contribution >= 0.6 is 12.2 Å². The third-order valence-corrected chi connectivity index (χ3v) is 6.86. The van der Waals surface area contributed by atoms with Crippen LogP contribution in [0.3, 0.4) is 0 Å². The average Bonchev–Trinajstić information content (AvgIpc) is 3.22. The Balaban J connectivity index is 1.26. The summed E-state index contributed by atoms with van der Waals surface area (Å²) in [6.45, 7) is 4.27. The van der Waals surface area contributed by atoms with Gasteiger partial charge >= 0.3 is 0 Å². The molecule has 6 nitrogen and oxygen atoms in total. The molecule has 1 aliphatic rings. The maximum atomic E-state index is 12.9. The fraction of sp³-hybridized carbons (Fsp3) is 0.423. The summed E-state index contributed by atoms with van der Waals surface area (Å²) in [5.74, 6) is 2.55. The number of ether oxygens (including phenoxy) is 1. The number of rotatable bonds is 8. The summed E-state index contributed by atoms with van der Waals surface area (Å²) < 4.78 is 7.72. The van der Waals surface area contributed by atoms with Gasteiger partial charge in [-0.15, -0.1) is 0 Å². The van der Waals surface area contributed by atoms with Crippen molar-refractivity contribution in [2.45, 2.75) is 45.6 Å². The molecule has 1 saturated heterocycles. The molecular formula is C26H32N4O2S. The highest BCUT2D eigenvalue weighted by Gasteiger charge is 2.23. The molecule has 1 aliphatic heterocycles. The highest BCUT2D eigenvalue weighted by atomic mass is 32.1. The molecule has 1 aromatic heterocycles. The van der Waals surface area contributed by atoms with Crippen LogP contribution in [0.2, 0.25) is 0 Å². The van der Waals surface area contributed by atoms with Crippen molar-refractivity contribution < 1.29 is 9.53 Å². The molecule has 0 radical (unpaired) electrons. The van der Waals surface area contributed by atoms with Crippen molar-refractivity contribution in [1.82, 2.24) is 19.7 Å². The maximum Gasteiger partial charge on any atom is 0.224 e. The Kier molecular flexibility index (Phi) is 7.60. The molecule has 4 rings (SSSR count). The van der Waals surface area contributed by atoms with Crippen LogP contribution in [0.1, 0.15) is 36.8 Å². The Hall–Kier alpha value is -2.93. The van der Waals surface area contributed by atoms with E-state index < -0.39 is 0 Å². The van der Waals surface area contributed by atoms with E-state index in [4.69, 9.17) is 17.0 Å². The van der Waals surface area contributed by atoms with Gasteiger partial charge in [0.05, 0.1) is 7.11 Å². The molecule has 0 spiro atoms. The number of piperidine rings is 1. The lowest BCUT2D eigenvalue weighted by Crippen LogP contribution is -2.38. The maximum absolute atomic E-state index is 12.9. The van der Waals surface area contributed by atoms with Gasteiger partial charge in [0.1, 0.15) is 5.75 Å². The van der Waals surface area contributed by atoms with E-state index >= 15 is 0 Å². The first-order chi connectivity index (χ1) is 16.0. The molecule has 3 aromatic rings. The van der Waals surface area contributed by atoms with Crippen molar-refractivity contribution in [3.8, 4) is 17.1 Å². The zero-order valence-electron chi connectivity index (χ0n) is 19.4. The molecule has 0 bridgehead atoms. The van der Waals surface area contributed by atoms with Gasteiger partial charge in [-0.25, -0.2) is 0 Å². The number of aromatic amines is 1. The van der Waals surface area contributed by atoms with Crippen molar-refractivity contribution in [1.29, 1.82) is 0 Å². The summed E-state index contributed by atoms with van der Waals surface area (Å²) in [5.41, 5.74) is 3.52. The lowest BCUT2D eigenvalue weighted by Gasteiger charge is -2.32.